The maximum atomic E-state index is 14.0. The van der Waals surface area contributed by atoms with Crippen LogP contribution >= 0.6 is 0 Å². The van der Waals surface area contributed by atoms with E-state index >= 15 is 0 Å². The lowest BCUT2D eigenvalue weighted by atomic mass is 9.93. The molecule has 9 heteroatoms. The standard InChI is InChI=1S/C29H40N4O5/c1-7-16-33(27(36)22(17-23(30)34)32-28(37)38-29(4,5)6)25(24-19(2)12-11-13-20(24)3)26(35)31-18-21-14-9-8-10-15-21/h8-15,22,25H,7,16-18H2,1-6H3,(H2,30,34)(H,31,35)(H,32,37). The molecule has 0 aliphatic carbocycles. The molecule has 0 radical (unpaired) electrons. The van der Waals surface area contributed by atoms with E-state index in [1.54, 1.807) is 20.8 Å². The van der Waals surface area contributed by atoms with Crippen LogP contribution in [0.4, 0.5) is 4.79 Å². The number of carbonyl (C=O) groups is 4. The molecule has 4 amide bonds. The molecule has 0 aromatic heterocycles. The van der Waals surface area contributed by atoms with Crippen LogP contribution in [-0.4, -0.2) is 46.9 Å². The van der Waals surface area contributed by atoms with Crippen molar-refractivity contribution in [3.63, 3.8) is 0 Å². The van der Waals surface area contributed by atoms with Gasteiger partial charge in [-0.3, -0.25) is 14.4 Å². The van der Waals surface area contributed by atoms with Gasteiger partial charge in [0, 0.05) is 13.1 Å². The number of hydrogen-bond acceptors (Lipinski definition) is 5. The van der Waals surface area contributed by atoms with Gasteiger partial charge in [0.15, 0.2) is 0 Å². The van der Waals surface area contributed by atoms with Crippen LogP contribution in [0, 0.1) is 13.8 Å². The first-order chi connectivity index (χ1) is 17.8. The van der Waals surface area contributed by atoms with Crippen LogP contribution in [0.25, 0.3) is 0 Å². The van der Waals surface area contributed by atoms with Crippen LogP contribution < -0.4 is 16.4 Å². The maximum absolute atomic E-state index is 14.0. The molecule has 38 heavy (non-hydrogen) atoms. The van der Waals surface area contributed by atoms with Crippen LogP contribution in [0.3, 0.4) is 0 Å². The van der Waals surface area contributed by atoms with Crippen molar-refractivity contribution >= 4 is 23.8 Å². The lowest BCUT2D eigenvalue weighted by molar-refractivity contribution is -0.143. The Morgan fingerprint density at radius 3 is 2.11 bits per heavy atom. The van der Waals surface area contributed by atoms with E-state index in [4.69, 9.17) is 10.5 Å². The van der Waals surface area contributed by atoms with Crippen LogP contribution in [0.1, 0.15) is 68.8 Å². The van der Waals surface area contributed by atoms with Crippen molar-refractivity contribution < 1.29 is 23.9 Å². The number of alkyl carbamates (subject to hydrolysis) is 1. The van der Waals surface area contributed by atoms with Gasteiger partial charge in [-0.25, -0.2) is 4.79 Å². The summed E-state index contributed by atoms with van der Waals surface area (Å²) in [5.74, 6) is -1.74. The summed E-state index contributed by atoms with van der Waals surface area (Å²) in [5, 5.41) is 5.45. The predicted molar refractivity (Wildman–Crippen MR) is 146 cm³/mol. The summed E-state index contributed by atoms with van der Waals surface area (Å²) < 4.78 is 5.31. The third-order valence-electron chi connectivity index (χ3n) is 5.83. The number of benzene rings is 2. The number of nitrogens with one attached hydrogen (secondary N) is 2. The molecule has 2 unspecified atom stereocenters. The molecule has 0 aliphatic rings. The molecule has 206 valence electrons. The molecule has 0 heterocycles. The second-order valence-corrected chi connectivity index (χ2v) is 10.3. The van der Waals surface area contributed by atoms with Crippen molar-refractivity contribution in [1.82, 2.24) is 15.5 Å². The predicted octanol–water partition coefficient (Wildman–Crippen LogP) is 3.67. The number of aryl methyl sites for hydroxylation is 2. The van der Waals surface area contributed by atoms with E-state index in [1.807, 2.05) is 69.3 Å². The Kier molecular flexibility index (Phi) is 10.9. The molecule has 0 saturated carbocycles. The van der Waals surface area contributed by atoms with Crippen LogP contribution in [0.15, 0.2) is 48.5 Å². The molecular formula is C29H40N4O5. The number of hydrogen-bond donors (Lipinski definition) is 3. The third kappa shape index (κ3) is 8.90. The second kappa shape index (κ2) is 13.6. The zero-order valence-corrected chi connectivity index (χ0v) is 23.2. The van der Waals surface area contributed by atoms with Gasteiger partial charge in [-0.05, 0) is 63.3 Å². The molecule has 0 saturated heterocycles. The van der Waals surface area contributed by atoms with Crippen LogP contribution in [0.5, 0.6) is 0 Å². The number of ether oxygens (including phenoxy) is 1. The van der Waals surface area contributed by atoms with Gasteiger partial charge in [-0.2, -0.15) is 0 Å². The van der Waals surface area contributed by atoms with Gasteiger partial charge >= 0.3 is 6.09 Å². The maximum Gasteiger partial charge on any atom is 0.408 e. The molecule has 0 fully saturated rings. The number of carbonyl (C=O) groups excluding carboxylic acids is 4. The molecule has 0 spiro atoms. The van der Waals surface area contributed by atoms with E-state index in [0.717, 1.165) is 16.7 Å². The first-order valence-electron chi connectivity index (χ1n) is 12.8. The lowest BCUT2D eigenvalue weighted by Gasteiger charge is -2.35. The summed E-state index contributed by atoms with van der Waals surface area (Å²) in [4.78, 5) is 53.6. The van der Waals surface area contributed by atoms with Gasteiger partial charge in [0.25, 0.3) is 0 Å². The van der Waals surface area contributed by atoms with E-state index < -0.39 is 42.0 Å². The van der Waals surface area contributed by atoms with Gasteiger partial charge in [0.1, 0.15) is 17.7 Å². The second-order valence-electron chi connectivity index (χ2n) is 10.3. The van der Waals surface area contributed by atoms with Gasteiger partial charge < -0.3 is 26.0 Å². The van der Waals surface area contributed by atoms with Crippen molar-refractivity contribution in [1.29, 1.82) is 0 Å². The Labute approximate surface area is 225 Å². The molecule has 4 N–H and O–H groups in total. The number of nitrogens with two attached hydrogens (primary N) is 1. The van der Waals surface area contributed by atoms with E-state index in [9.17, 15) is 19.2 Å². The Bertz CT molecular complexity index is 1110. The van der Waals surface area contributed by atoms with E-state index in [1.165, 1.54) is 4.90 Å². The van der Waals surface area contributed by atoms with Crippen molar-refractivity contribution in [2.75, 3.05) is 6.54 Å². The van der Waals surface area contributed by atoms with Gasteiger partial charge in [0.05, 0.1) is 6.42 Å². The van der Waals surface area contributed by atoms with Crippen LogP contribution in [0.2, 0.25) is 0 Å². The minimum Gasteiger partial charge on any atom is -0.444 e. The highest BCUT2D eigenvalue weighted by molar-refractivity contribution is 5.94. The molecule has 2 rings (SSSR count). The summed E-state index contributed by atoms with van der Waals surface area (Å²) in [6.45, 7) is 11.2. The third-order valence-corrected chi connectivity index (χ3v) is 5.83. The highest BCUT2D eigenvalue weighted by Gasteiger charge is 2.37. The molecule has 0 aliphatic heterocycles. The normalized spacial score (nSPS) is 12.7. The first kappa shape index (κ1) is 30.3. The monoisotopic (exact) mass is 524 g/mol. The molecule has 0 bridgehead atoms. The average Bonchev–Trinajstić information content (AvgIpc) is 2.82. The zero-order valence-electron chi connectivity index (χ0n) is 23.2. The van der Waals surface area contributed by atoms with Crippen molar-refractivity contribution in [2.24, 2.45) is 5.73 Å². The van der Waals surface area contributed by atoms with Crippen molar-refractivity contribution in [2.45, 2.75) is 78.6 Å². The van der Waals surface area contributed by atoms with Gasteiger partial charge in [0.2, 0.25) is 17.7 Å². The fraction of sp³-hybridized carbons (Fsp3) is 0.448. The van der Waals surface area contributed by atoms with Crippen molar-refractivity contribution in [3.05, 3.63) is 70.8 Å². The highest BCUT2D eigenvalue weighted by atomic mass is 16.6. The van der Waals surface area contributed by atoms with E-state index in [0.29, 0.717) is 12.0 Å². The summed E-state index contributed by atoms with van der Waals surface area (Å²) >= 11 is 0. The fourth-order valence-electron chi connectivity index (χ4n) is 4.23. The highest BCUT2D eigenvalue weighted by Crippen LogP contribution is 2.29. The molecule has 2 aromatic rings. The average molecular weight is 525 g/mol. The Morgan fingerprint density at radius 1 is 0.974 bits per heavy atom. The Balaban J connectivity index is 2.50. The van der Waals surface area contributed by atoms with E-state index in [-0.39, 0.29) is 19.0 Å². The summed E-state index contributed by atoms with van der Waals surface area (Å²) in [5.41, 5.74) is 7.90. The summed E-state index contributed by atoms with van der Waals surface area (Å²) in [6, 6.07) is 12.8. The minimum atomic E-state index is -1.30. The van der Waals surface area contributed by atoms with Crippen molar-refractivity contribution in [3.8, 4) is 0 Å². The molecular weight excluding hydrogens is 484 g/mol. The quantitative estimate of drug-likeness (QED) is 0.413. The molecule has 9 nitrogen and oxygen atoms in total. The number of primary amides is 1. The number of rotatable bonds is 11. The van der Waals surface area contributed by atoms with Gasteiger partial charge in [-0.15, -0.1) is 0 Å². The SMILES string of the molecule is CCCN(C(=O)C(CC(N)=O)NC(=O)OC(C)(C)C)C(C(=O)NCc1ccccc1)c1c(C)cccc1C. The summed E-state index contributed by atoms with van der Waals surface area (Å²) in [7, 11) is 0. The summed E-state index contributed by atoms with van der Waals surface area (Å²) in [6.07, 6.45) is -0.760. The minimum absolute atomic E-state index is 0.210. The largest absolute Gasteiger partial charge is 0.444 e. The molecule has 2 atom stereocenters. The lowest BCUT2D eigenvalue weighted by Crippen LogP contribution is -2.54. The Hall–Kier alpha value is -3.88. The Morgan fingerprint density at radius 2 is 1.58 bits per heavy atom. The first-order valence-corrected chi connectivity index (χ1v) is 12.8. The van der Waals surface area contributed by atoms with Crippen LogP contribution in [-0.2, 0) is 25.7 Å². The number of amides is 4. The van der Waals surface area contributed by atoms with Gasteiger partial charge in [-0.1, -0.05) is 55.5 Å². The smallest absolute Gasteiger partial charge is 0.408 e. The molecule has 2 aromatic carbocycles. The fourth-order valence-corrected chi connectivity index (χ4v) is 4.23. The topological polar surface area (TPSA) is 131 Å². The zero-order chi connectivity index (χ0) is 28.5. The number of nitrogens with zero attached hydrogens (tertiary/aromatic N) is 1. The van der Waals surface area contributed by atoms with E-state index in [2.05, 4.69) is 10.6 Å².